The average molecular weight is 133 g/mol. The van der Waals surface area contributed by atoms with Gasteiger partial charge in [-0.15, -0.1) is 0 Å². The highest BCUT2D eigenvalue weighted by atomic mass is 32.1. The standard InChI is InChI=1S/C3H7N3OS/c1-5-2-4-3(8)6(5)7/h7H,2H2,1H3,(H,4,8). The van der Waals surface area contributed by atoms with Gasteiger partial charge >= 0.3 is 0 Å². The molecule has 0 aromatic carbocycles. The molecule has 1 saturated heterocycles. The molecule has 0 saturated carbocycles. The molecule has 0 amide bonds. The minimum atomic E-state index is 0.354. The van der Waals surface area contributed by atoms with E-state index in [1.165, 1.54) is 0 Å². The van der Waals surface area contributed by atoms with Crippen LogP contribution in [0.4, 0.5) is 0 Å². The molecular formula is C3H7N3OS. The monoisotopic (exact) mass is 133 g/mol. The molecule has 4 nitrogen and oxygen atoms in total. The van der Waals surface area contributed by atoms with E-state index in [4.69, 9.17) is 5.21 Å². The Bertz CT molecular complexity index is 117. The number of hydrazine groups is 1. The van der Waals surface area contributed by atoms with Crippen molar-refractivity contribution in [3.63, 3.8) is 0 Å². The van der Waals surface area contributed by atoms with E-state index in [0.29, 0.717) is 11.8 Å². The van der Waals surface area contributed by atoms with Gasteiger partial charge in [-0.3, -0.25) is 5.21 Å². The van der Waals surface area contributed by atoms with Gasteiger partial charge in [-0.25, -0.2) is 0 Å². The van der Waals surface area contributed by atoms with Crippen LogP contribution in [0.25, 0.3) is 0 Å². The lowest BCUT2D eigenvalue weighted by molar-refractivity contribution is -0.151. The van der Waals surface area contributed by atoms with Crippen LogP contribution in [0.5, 0.6) is 0 Å². The lowest BCUT2D eigenvalue weighted by atomic mass is 11.0. The summed E-state index contributed by atoms with van der Waals surface area (Å²) in [5.74, 6) is 0. The first kappa shape index (κ1) is 5.74. The van der Waals surface area contributed by atoms with Crippen molar-refractivity contribution >= 4 is 17.3 Å². The van der Waals surface area contributed by atoms with E-state index in [1.54, 1.807) is 12.1 Å². The number of nitrogens with one attached hydrogen (secondary N) is 1. The summed E-state index contributed by atoms with van der Waals surface area (Å²) in [6, 6.07) is 0. The van der Waals surface area contributed by atoms with Crippen molar-refractivity contribution in [2.75, 3.05) is 13.7 Å². The van der Waals surface area contributed by atoms with E-state index in [2.05, 4.69) is 17.5 Å². The van der Waals surface area contributed by atoms with Gasteiger partial charge in [0.2, 0.25) is 5.11 Å². The van der Waals surface area contributed by atoms with Gasteiger partial charge in [-0.05, 0) is 12.2 Å². The second kappa shape index (κ2) is 1.85. The van der Waals surface area contributed by atoms with E-state index < -0.39 is 0 Å². The van der Waals surface area contributed by atoms with Crippen molar-refractivity contribution in [2.45, 2.75) is 0 Å². The molecule has 1 rings (SSSR count). The SMILES string of the molecule is CN1CNC(=S)N1O. The zero-order chi connectivity index (χ0) is 6.15. The fourth-order valence-corrected chi connectivity index (χ4v) is 0.679. The Balaban J connectivity index is 2.56. The Morgan fingerprint density at radius 1 is 1.88 bits per heavy atom. The lowest BCUT2D eigenvalue weighted by Crippen LogP contribution is -2.32. The van der Waals surface area contributed by atoms with Crippen molar-refractivity contribution in [3.8, 4) is 0 Å². The molecule has 0 unspecified atom stereocenters. The third-order valence-electron chi connectivity index (χ3n) is 0.964. The number of hydrogen-bond donors (Lipinski definition) is 2. The van der Waals surface area contributed by atoms with Crippen LogP contribution in [0.2, 0.25) is 0 Å². The lowest BCUT2D eigenvalue weighted by Gasteiger charge is -2.13. The predicted molar refractivity (Wildman–Crippen MR) is 32.0 cm³/mol. The van der Waals surface area contributed by atoms with Crippen molar-refractivity contribution in [1.29, 1.82) is 0 Å². The molecule has 1 heterocycles. The van der Waals surface area contributed by atoms with Gasteiger partial charge in [0.25, 0.3) is 0 Å². The van der Waals surface area contributed by atoms with Crippen molar-refractivity contribution in [1.82, 2.24) is 15.5 Å². The minimum Gasteiger partial charge on any atom is -0.345 e. The summed E-state index contributed by atoms with van der Waals surface area (Å²) in [4.78, 5) is 0. The van der Waals surface area contributed by atoms with E-state index in [1.807, 2.05) is 0 Å². The quantitative estimate of drug-likeness (QED) is 0.430. The molecule has 0 spiro atoms. The summed E-state index contributed by atoms with van der Waals surface area (Å²) in [5.41, 5.74) is 0. The second-order valence-electron chi connectivity index (χ2n) is 1.59. The van der Waals surface area contributed by atoms with Crippen LogP contribution in [0.15, 0.2) is 0 Å². The normalized spacial score (nSPS) is 21.8. The number of thiocarbonyl (C=S) groups is 1. The zero-order valence-electron chi connectivity index (χ0n) is 4.46. The largest absolute Gasteiger partial charge is 0.345 e. The van der Waals surface area contributed by atoms with E-state index in [9.17, 15) is 0 Å². The Hall–Kier alpha value is -0.390. The smallest absolute Gasteiger partial charge is 0.211 e. The second-order valence-corrected chi connectivity index (χ2v) is 1.97. The van der Waals surface area contributed by atoms with Gasteiger partial charge < -0.3 is 5.32 Å². The minimum absolute atomic E-state index is 0.354. The van der Waals surface area contributed by atoms with Crippen LogP contribution < -0.4 is 5.32 Å². The van der Waals surface area contributed by atoms with Gasteiger partial charge in [0, 0.05) is 7.05 Å². The summed E-state index contributed by atoms with van der Waals surface area (Å²) in [5, 5.41) is 14.4. The molecule has 46 valence electrons. The zero-order valence-corrected chi connectivity index (χ0v) is 5.27. The Labute approximate surface area is 52.6 Å². The number of hydroxylamine groups is 1. The summed E-state index contributed by atoms with van der Waals surface area (Å²) in [7, 11) is 1.73. The Morgan fingerprint density at radius 2 is 2.50 bits per heavy atom. The highest BCUT2D eigenvalue weighted by Gasteiger charge is 2.18. The summed E-state index contributed by atoms with van der Waals surface area (Å²) >= 11 is 4.64. The van der Waals surface area contributed by atoms with Crippen molar-refractivity contribution < 1.29 is 5.21 Å². The van der Waals surface area contributed by atoms with E-state index >= 15 is 0 Å². The average Bonchev–Trinajstić information content (AvgIpc) is 1.98. The molecule has 8 heavy (non-hydrogen) atoms. The molecule has 0 aromatic heterocycles. The topological polar surface area (TPSA) is 38.7 Å². The summed E-state index contributed by atoms with van der Waals surface area (Å²) < 4.78 is 0. The third kappa shape index (κ3) is 0.750. The number of rotatable bonds is 0. The van der Waals surface area contributed by atoms with Gasteiger partial charge in [0.15, 0.2) is 0 Å². The van der Waals surface area contributed by atoms with E-state index in [-0.39, 0.29) is 0 Å². The van der Waals surface area contributed by atoms with Crippen LogP contribution in [0, 0.1) is 0 Å². The number of hydrogen-bond acceptors (Lipinski definition) is 3. The van der Waals surface area contributed by atoms with Crippen LogP contribution in [-0.4, -0.2) is 34.2 Å². The fourth-order valence-electron chi connectivity index (χ4n) is 0.475. The van der Waals surface area contributed by atoms with Gasteiger partial charge in [0.1, 0.15) is 0 Å². The molecular weight excluding hydrogens is 126 g/mol. The molecule has 0 aromatic rings. The highest BCUT2D eigenvalue weighted by Crippen LogP contribution is 1.95. The van der Waals surface area contributed by atoms with Gasteiger partial charge in [-0.1, -0.05) is 0 Å². The first-order chi connectivity index (χ1) is 3.72. The molecule has 1 aliphatic rings. The molecule has 1 fully saturated rings. The van der Waals surface area contributed by atoms with Crippen molar-refractivity contribution in [3.05, 3.63) is 0 Å². The molecule has 0 atom stereocenters. The van der Waals surface area contributed by atoms with Gasteiger partial charge in [-0.2, -0.15) is 10.2 Å². The van der Waals surface area contributed by atoms with Crippen LogP contribution in [-0.2, 0) is 0 Å². The first-order valence-electron chi connectivity index (χ1n) is 2.19. The molecule has 0 bridgehead atoms. The Morgan fingerprint density at radius 3 is 2.62 bits per heavy atom. The molecule has 1 aliphatic heterocycles. The van der Waals surface area contributed by atoms with Crippen LogP contribution >= 0.6 is 12.2 Å². The number of nitrogens with zero attached hydrogens (tertiary/aromatic N) is 2. The molecule has 0 radical (unpaired) electrons. The Kier molecular flexibility index (Phi) is 1.33. The summed E-state index contributed by atoms with van der Waals surface area (Å²) in [6.45, 7) is 0.579. The molecule has 2 N–H and O–H groups in total. The maximum Gasteiger partial charge on any atom is 0.211 e. The maximum absolute atomic E-state index is 8.82. The van der Waals surface area contributed by atoms with Gasteiger partial charge in [0.05, 0.1) is 6.67 Å². The van der Waals surface area contributed by atoms with E-state index in [0.717, 1.165) is 5.17 Å². The highest BCUT2D eigenvalue weighted by molar-refractivity contribution is 7.80. The predicted octanol–water partition coefficient (Wildman–Crippen LogP) is -0.630. The summed E-state index contributed by atoms with van der Waals surface area (Å²) in [6.07, 6.45) is 0. The van der Waals surface area contributed by atoms with Crippen LogP contribution in [0.3, 0.4) is 0 Å². The fraction of sp³-hybridized carbons (Fsp3) is 0.667. The van der Waals surface area contributed by atoms with Crippen LogP contribution in [0.1, 0.15) is 0 Å². The molecule has 5 heteroatoms. The first-order valence-corrected chi connectivity index (χ1v) is 2.60. The third-order valence-corrected chi connectivity index (χ3v) is 1.27. The molecule has 0 aliphatic carbocycles. The maximum atomic E-state index is 8.82. The van der Waals surface area contributed by atoms with Crippen molar-refractivity contribution in [2.24, 2.45) is 0 Å².